The van der Waals surface area contributed by atoms with Gasteiger partial charge in [0.15, 0.2) is 0 Å². The fourth-order valence-corrected chi connectivity index (χ4v) is 3.81. The van der Waals surface area contributed by atoms with E-state index >= 15 is 0 Å². The highest BCUT2D eigenvalue weighted by Crippen LogP contribution is 2.50. The van der Waals surface area contributed by atoms with E-state index in [9.17, 15) is 4.79 Å². The maximum Gasteiger partial charge on any atom is 0.338 e. The molecule has 2 aliphatic carbocycles. The molecule has 1 aromatic rings. The number of carbonyl (C=O) groups is 1. The Kier molecular flexibility index (Phi) is 6.73. The molecule has 2 saturated carbocycles. The van der Waals surface area contributed by atoms with Gasteiger partial charge in [-0.2, -0.15) is 5.43 Å². The number of hydrogen-bond acceptors (Lipinski definition) is 5. The Bertz CT molecular complexity index is 677. The molecule has 0 amide bonds. The summed E-state index contributed by atoms with van der Waals surface area (Å²) in [7, 11) is 0. The molecule has 0 bridgehead atoms. The summed E-state index contributed by atoms with van der Waals surface area (Å²) in [6.45, 7) is 4.75. The maximum absolute atomic E-state index is 11.0. The van der Waals surface area contributed by atoms with Crippen LogP contribution in [0.2, 0.25) is 5.15 Å². The zero-order valence-corrected chi connectivity index (χ0v) is 16.7. The largest absolute Gasteiger partial charge is 0.478 e. The third-order valence-corrected chi connectivity index (χ3v) is 5.48. The number of ether oxygens (including phenoxy) is 1. The SMILES string of the molecule is CC.O=C(O)c1ccc(N2C=CC(OCCC(C3CC3)C3CC3)N2)nc1Cl. The van der Waals surface area contributed by atoms with Crippen molar-refractivity contribution in [1.29, 1.82) is 0 Å². The van der Waals surface area contributed by atoms with Crippen molar-refractivity contribution in [2.75, 3.05) is 11.6 Å². The van der Waals surface area contributed by atoms with Gasteiger partial charge in [0.05, 0.1) is 5.56 Å². The summed E-state index contributed by atoms with van der Waals surface area (Å²) < 4.78 is 5.94. The number of halogens is 1. The Labute approximate surface area is 165 Å². The smallest absolute Gasteiger partial charge is 0.338 e. The van der Waals surface area contributed by atoms with Crippen molar-refractivity contribution >= 4 is 23.4 Å². The molecule has 2 fully saturated rings. The lowest BCUT2D eigenvalue weighted by atomic mass is 9.95. The van der Waals surface area contributed by atoms with Gasteiger partial charge in [-0.15, -0.1) is 0 Å². The summed E-state index contributed by atoms with van der Waals surface area (Å²) >= 11 is 5.93. The highest BCUT2D eigenvalue weighted by molar-refractivity contribution is 6.32. The Morgan fingerprint density at radius 2 is 2.00 bits per heavy atom. The van der Waals surface area contributed by atoms with Crippen molar-refractivity contribution in [2.45, 2.75) is 52.2 Å². The van der Waals surface area contributed by atoms with Gasteiger partial charge in [-0.25, -0.2) is 9.78 Å². The number of nitrogens with one attached hydrogen (secondary N) is 1. The van der Waals surface area contributed by atoms with Gasteiger partial charge in [-0.3, -0.25) is 5.01 Å². The quantitative estimate of drug-likeness (QED) is 0.635. The second kappa shape index (κ2) is 9.04. The van der Waals surface area contributed by atoms with Crippen molar-refractivity contribution < 1.29 is 14.6 Å². The highest BCUT2D eigenvalue weighted by Gasteiger charge is 2.40. The number of carboxylic acids is 1. The molecule has 0 saturated heterocycles. The molecule has 1 aromatic heterocycles. The molecule has 2 heterocycles. The number of aromatic nitrogens is 1. The van der Waals surface area contributed by atoms with Crippen LogP contribution >= 0.6 is 11.6 Å². The highest BCUT2D eigenvalue weighted by atomic mass is 35.5. The predicted octanol–water partition coefficient (Wildman–Crippen LogP) is 4.47. The van der Waals surface area contributed by atoms with E-state index in [-0.39, 0.29) is 16.9 Å². The number of anilines is 1. The van der Waals surface area contributed by atoms with Crippen molar-refractivity contribution in [2.24, 2.45) is 17.8 Å². The number of carboxylic acid groups (broad SMARTS) is 1. The molecule has 3 aliphatic rings. The lowest BCUT2D eigenvalue weighted by Gasteiger charge is -2.21. The molecule has 0 radical (unpaired) electrons. The van der Waals surface area contributed by atoms with Crippen LogP contribution in [0, 0.1) is 17.8 Å². The second-order valence-corrected chi connectivity index (χ2v) is 7.43. The van der Waals surface area contributed by atoms with E-state index in [1.165, 1.54) is 31.7 Å². The zero-order chi connectivity index (χ0) is 19.4. The van der Waals surface area contributed by atoms with E-state index in [1.54, 1.807) is 11.1 Å². The molecule has 6 nitrogen and oxygen atoms in total. The Morgan fingerprint density at radius 3 is 2.56 bits per heavy atom. The van der Waals surface area contributed by atoms with E-state index in [2.05, 4.69) is 10.4 Å². The standard InChI is InChI=1S/C18H22ClN3O3.C2H6/c19-17-14(18(23)24)5-6-15(20-17)22-9-7-16(21-22)25-10-8-13(11-1-2-11)12-3-4-12;1-2/h5-7,9,11-13,16,21H,1-4,8,10H2,(H,23,24);1-2H3. The minimum absolute atomic E-state index is 0.00686. The van der Waals surface area contributed by atoms with E-state index in [0.717, 1.165) is 30.8 Å². The molecule has 7 heteroatoms. The van der Waals surface area contributed by atoms with Crippen LogP contribution in [0.25, 0.3) is 0 Å². The first-order valence-electron chi connectivity index (χ1n) is 9.87. The number of pyridine rings is 1. The Balaban J connectivity index is 0.00000102. The van der Waals surface area contributed by atoms with Crippen LogP contribution < -0.4 is 10.4 Å². The molecule has 1 atom stereocenters. The molecule has 1 aliphatic heterocycles. The van der Waals surface area contributed by atoms with Crippen molar-refractivity contribution in [1.82, 2.24) is 10.4 Å². The Hall–Kier alpha value is -1.63. The summed E-state index contributed by atoms with van der Waals surface area (Å²) in [6.07, 6.45) is 10.3. The third kappa shape index (κ3) is 5.21. The van der Waals surface area contributed by atoms with Crippen molar-refractivity contribution in [3.8, 4) is 0 Å². The van der Waals surface area contributed by atoms with Gasteiger partial charge in [0, 0.05) is 12.8 Å². The summed E-state index contributed by atoms with van der Waals surface area (Å²) in [5, 5.41) is 10.7. The third-order valence-electron chi connectivity index (χ3n) is 5.19. The minimum Gasteiger partial charge on any atom is -0.478 e. The molecule has 27 heavy (non-hydrogen) atoms. The summed E-state index contributed by atoms with van der Waals surface area (Å²) in [4.78, 5) is 15.1. The lowest BCUT2D eigenvalue weighted by molar-refractivity contribution is 0.0548. The molecule has 4 rings (SSSR count). The first-order valence-corrected chi connectivity index (χ1v) is 10.2. The van der Waals surface area contributed by atoms with Crippen LogP contribution in [-0.4, -0.2) is 28.9 Å². The van der Waals surface area contributed by atoms with Crippen LogP contribution in [0.4, 0.5) is 5.82 Å². The summed E-state index contributed by atoms with van der Waals surface area (Å²) in [5.74, 6) is 2.19. The maximum atomic E-state index is 11.0. The van der Waals surface area contributed by atoms with Crippen LogP contribution in [0.3, 0.4) is 0 Å². The topological polar surface area (TPSA) is 74.7 Å². The van der Waals surface area contributed by atoms with E-state index < -0.39 is 5.97 Å². The predicted molar refractivity (Wildman–Crippen MR) is 106 cm³/mol. The number of rotatable bonds is 8. The van der Waals surface area contributed by atoms with Crippen LogP contribution in [0.1, 0.15) is 56.3 Å². The first-order chi connectivity index (χ1) is 13.1. The average molecular weight is 394 g/mol. The van der Waals surface area contributed by atoms with Crippen LogP contribution in [0.15, 0.2) is 24.4 Å². The van der Waals surface area contributed by atoms with Gasteiger partial charge in [0.1, 0.15) is 17.2 Å². The van der Waals surface area contributed by atoms with Crippen LogP contribution in [-0.2, 0) is 4.74 Å². The fraction of sp³-hybridized carbons (Fsp3) is 0.600. The van der Waals surface area contributed by atoms with Gasteiger partial charge in [-0.1, -0.05) is 25.4 Å². The normalized spacial score (nSPS) is 21.3. The van der Waals surface area contributed by atoms with Gasteiger partial charge < -0.3 is 9.84 Å². The van der Waals surface area contributed by atoms with E-state index in [0.29, 0.717) is 5.82 Å². The minimum atomic E-state index is -1.09. The number of hydrazine groups is 1. The van der Waals surface area contributed by atoms with Crippen molar-refractivity contribution in [3.63, 3.8) is 0 Å². The number of aromatic carboxylic acids is 1. The van der Waals surface area contributed by atoms with Crippen LogP contribution in [0.5, 0.6) is 0 Å². The zero-order valence-electron chi connectivity index (χ0n) is 15.9. The number of hydrogen-bond donors (Lipinski definition) is 2. The monoisotopic (exact) mass is 393 g/mol. The molecule has 148 valence electrons. The Morgan fingerprint density at radius 1 is 1.33 bits per heavy atom. The molecule has 0 aromatic carbocycles. The molecular weight excluding hydrogens is 366 g/mol. The van der Waals surface area contributed by atoms with Crippen molar-refractivity contribution in [3.05, 3.63) is 35.1 Å². The van der Waals surface area contributed by atoms with Gasteiger partial charge in [0.2, 0.25) is 0 Å². The lowest BCUT2D eigenvalue weighted by Crippen LogP contribution is -2.37. The number of nitrogens with zero attached hydrogens (tertiary/aromatic N) is 2. The van der Waals surface area contributed by atoms with Gasteiger partial charge in [-0.05, 0) is 68.1 Å². The first kappa shape index (κ1) is 20.1. The van der Waals surface area contributed by atoms with Gasteiger partial charge in [0.25, 0.3) is 0 Å². The molecular formula is C20H28ClN3O3. The molecule has 2 N–H and O–H groups in total. The second-order valence-electron chi connectivity index (χ2n) is 7.07. The molecule has 0 spiro atoms. The average Bonchev–Trinajstić information content (AvgIpc) is 3.60. The van der Waals surface area contributed by atoms with E-state index in [1.807, 2.05) is 26.1 Å². The molecule has 1 unspecified atom stereocenters. The van der Waals surface area contributed by atoms with E-state index in [4.69, 9.17) is 21.4 Å². The fourth-order valence-electron chi connectivity index (χ4n) is 3.58. The summed E-state index contributed by atoms with van der Waals surface area (Å²) in [6, 6.07) is 3.07. The van der Waals surface area contributed by atoms with Gasteiger partial charge >= 0.3 is 5.97 Å². The summed E-state index contributed by atoms with van der Waals surface area (Å²) in [5.41, 5.74) is 3.17.